The largest absolute Gasteiger partial charge is 0.479 e. The van der Waals surface area contributed by atoms with Crippen LogP contribution in [0.2, 0.25) is 0 Å². The number of benzene rings is 1. The van der Waals surface area contributed by atoms with Crippen LogP contribution in [0.25, 0.3) is 11.5 Å². The number of hydrogen-bond acceptors (Lipinski definition) is 6. The van der Waals surface area contributed by atoms with Gasteiger partial charge in [0.25, 0.3) is 0 Å². The van der Waals surface area contributed by atoms with Gasteiger partial charge in [-0.2, -0.15) is 11.8 Å². The third-order valence-corrected chi connectivity index (χ3v) is 6.02. The highest BCUT2D eigenvalue weighted by atomic mass is 32.2. The maximum Gasteiger partial charge on any atom is 0.330 e. The third kappa shape index (κ3) is 4.38. The molecule has 1 aromatic heterocycles. The van der Waals surface area contributed by atoms with Crippen LogP contribution < -0.4 is 5.32 Å². The van der Waals surface area contributed by atoms with Crippen LogP contribution in [0.5, 0.6) is 0 Å². The van der Waals surface area contributed by atoms with Gasteiger partial charge in [-0.15, -0.1) is 11.8 Å². The molecule has 6 nitrogen and oxygen atoms in total. The van der Waals surface area contributed by atoms with Crippen molar-refractivity contribution in [2.24, 2.45) is 0 Å². The predicted octanol–water partition coefficient (Wildman–Crippen LogP) is 2.65. The molecule has 1 amide bonds. The average molecular weight is 378 g/mol. The van der Waals surface area contributed by atoms with Crippen molar-refractivity contribution in [1.82, 2.24) is 10.3 Å². The van der Waals surface area contributed by atoms with Gasteiger partial charge in [0.2, 0.25) is 11.8 Å². The zero-order chi connectivity index (χ0) is 17.7. The van der Waals surface area contributed by atoms with Crippen molar-refractivity contribution in [1.29, 1.82) is 0 Å². The van der Waals surface area contributed by atoms with Crippen LogP contribution in [0.15, 0.2) is 41.0 Å². The van der Waals surface area contributed by atoms with E-state index in [1.165, 1.54) is 11.8 Å². The molecule has 25 heavy (non-hydrogen) atoms. The number of carbonyl (C=O) groups is 2. The van der Waals surface area contributed by atoms with Crippen molar-refractivity contribution in [3.05, 3.63) is 42.3 Å². The molecule has 0 bridgehead atoms. The highest BCUT2D eigenvalue weighted by molar-refractivity contribution is 7.99. The monoisotopic (exact) mass is 378 g/mol. The molecule has 1 atom stereocenters. The molecule has 0 spiro atoms. The molecule has 3 rings (SSSR count). The number of hydrogen-bond donors (Lipinski definition) is 2. The second-order valence-corrected chi connectivity index (χ2v) is 7.83. The molecule has 0 saturated carbocycles. The number of amides is 1. The number of oxazole rings is 1. The van der Waals surface area contributed by atoms with E-state index in [2.05, 4.69) is 10.3 Å². The molecular weight excluding hydrogens is 360 g/mol. The van der Waals surface area contributed by atoms with Gasteiger partial charge >= 0.3 is 5.97 Å². The quantitative estimate of drug-likeness (QED) is 0.765. The summed E-state index contributed by atoms with van der Waals surface area (Å²) >= 11 is 2.93. The van der Waals surface area contributed by atoms with Crippen LogP contribution >= 0.6 is 23.5 Å². The zero-order valence-electron chi connectivity index (χ0n) is 13.4. The Morgan fingerprint density at radius 1 is 1.36 bits per heavy atom. The van der Waals surface area contributed by atoms with E-state index >= 15 is 0 Å². The molecule has 1 aliphatic heterocycles. The second kappa shape index (κ2) is 7.97. The number of nitrogens with one attached hydrogen (secondary N) is 1. The summed E-state index contributed by atoms with van der Waals surface area (Å²) < 4.78 is 5.46. The summed E-state index contributed by atoms with van der Waals surface area (Å²) in [6.45, 7) is 0. The van der Waals surface area contributed by atoms with E-state index in [0.717, 1.165) is 17.0 Å². The van der Waals surface area contributed by atoms with Crippen molar-refractivity contribution in [2.45, 2.75) is 17.7 Å². The van der Waals surface area contributed by atoms with Crippen LogP contribution in [0.4, 0.5) is 0 Å². The Morgan fingerprint density at radius 3 is 2.84 bits per heavy atom. The first kappa shape index (κ1) is 17.9. The van der Waals surface area contributed by atoms with Crippen LogP contribution in [-0.4, -0.2) is 44.8 Å². The first-order valence-corrected chi connectivity index (χ1v) is 10.1. The second-order valence-electron chi connectivity index (χ2n) is 5.74. The summed E-state index contributed by atoms with van der Waals surface area (Å²) in [5, 5.41) is 12.1. The van der Waals surface area contributed by atoms with Gasteiger partial charge in [0.15, 0.2) is 0 Å². The highest BCUT2D eigenvalue weighted by Gasteiger charge is 2.43. The number of carbonyl (C=O) groups excluding carboxylic acids is 1. The number of carboxylic acid groups (broad SMARTS) is 1. The molecule has 1 fully saturated rings. The fourth-order valence-electron chi connectivity index (χ4n) is 2.52. The SMILES string of the molecule is O=C(CSCc1coc(-c2ccccc2)n1)NC1(C(=O)O)CCSC1. The van der Waals surface area contributed by atoms with Gasteiger partial charge in [-0.1, -0.05) is 18.2 Å². The van der Waals surface area contributed by atoms with Crippen LogP contribution in [0.3, 0.4) is 0 Å². The third-order valence-electron chi connectivity index (χ3n) is 3.87. The summed E-state index contributed by atoms with van der Waals surface area (Å²) in [6, 6.07) is 9.59. The lowest BCUT2D eigenvalue weighted by Gasteiger charge is -2.24. The molecule has 8 heteroatoms. The summed E-state index contributed by atoms with van der Waals surface area (Å²) in [5.41, 5.74) is 0.538. The van der Waals surface area contributed by atoms with E-state index in [-0.39, 0.29) is 11.7 Å². The van der Waals surface area contributed by atoms with E-state index in [9.17, 15) is 14.7 Å². The minimum atomic E-state index is -1.11. The van der Waals surface area contributed by atoms with Crippen molar-refractivity contribution < 1.29 is 19.1 Å². The maximum atomic E-state index is 12.1. The molecule has 0 radical (unpaired) electrons. The van der Waals surface area contributed by atoms with Crippen LogP contribution in [0.1, 0.15) is 12.1 Å². The van der Waals surface area contributed by atoms with Gasteiger partial charge < -0.3 is 14.8 Å². The van der Waals surface area contributed by atoms with Gasteiger partial charge in [-0.05, 0) is 24.3 Å². The van der Waals surface area contributed by atoms with E-state index in [0.29, 0.717) is 23.8 Å². The maximum absolute atomic E-state index is 12.1. The standard InChI is InChI=1S/C17H18N2O4S2/c20-14(19-17(16(21)22)6-7-24-11-17)10-25-9-13-8-23-15(18-13)12-4-2-1-3-5-12/h1-5,8H,6-7,9-11H2,(H,19,20)(H,21,22). The van der Waals surface area contributed by atoms with Crippen LogP contribution in [-0.2, 0) is 15.3 Å². The van der Waals surface area contributed by atoms with Gasteiger partial charge in [0.1, 0.15) is 11.8 Å². The summed E-state index contributed by atoms with van der Waals surface area (Å²) in [4.78, 5) is 27.9. The molecule has 1 aromatic carbocycles. The van der Waals surface area contributed by atoms with E-state index < -0.39 is 11.5 Å². The summed E-state index contributed by atoms with van der Waals surface area (Å²) in [6.07, 6.45) is 2.05. The van der Waals surface area contributed by atoms with Crippen LogP contribution in [0, 0.1) is 0 Å². The Balaban J connectivity index is 1.49. The fraction of sp³-hybridized carbons (Fsp3) is 0.353. The van der Waals surface area contributed by atoms with E-state index in [4.69, 9.17) is 4.42 Å². The molecule has 1 saturated heterocycles. The summed E-state index contributed by atoms with van der Waals surface area (Å²) in [5.74, 6) is 1.21. The number of rotatable bonds is 7. The van der Waals surface area contributed by atoms with Gasteiger partial charge in [0, 0.05) is 17.1 Å². The lowest BCUT2D eigenvalue weighted by Crippen LogP contribution is -2.55. The minimum Gasteiger partial charge on any atom is -0.479 e. The Labute approximate surface area is 153 Å². The zero-order valence-corrected chi connectivity index (χ0v) is 15.1. The van der Waals surface area contributed by atoms with Crippen molar-refractivity contribution >= 4 is 35.4 Å². The smallest absolute Gasteiger partial charge is 0.330 e. The van der Waals surface area contributed by atoms with E-state index in [1.807, 2.05) is 30.3 Å². The molecule has 1 unspecified atom stereocenters. The number of aromatic nitrogens is 1. The number of aliphatic carboxylic acids is 1. The van der Waals surface area contributed by atoms with Gasteiger partial charge in [-0.25, -0.2) is 9.78 Å². The topological polar surface area (TPSA) is 92.4 Å². The first-order chi connectivity index (χ1) is 12.1. The molecule has 2 N–H and O–H groups in total. The molecular formula is C17H18N2O4S2. The lowest BCUT2D eigenvalue weighted by molar-refractivity contribution is -0.146. The Kier molecular flexibility index (Phi) is 5.70. The molecule has 1 aliphatic rings. The van der Waals surface area contributed by atoms with Crippen molar-refractivity contribution in [3.8, 4) is 11.5 Å². The summed E-state index contributed by atoms with van der Waals surface area (Å²) in [7, 11) is 0. The van der Waals surface area contributed by atoms with Crippen molar-refractivity contribution in [2.75, 3.05) is 17.3 Å². The highest BCUT2D eigenvalue weighted by Crippen LogP contribution is 2.28. The average Bonchev–Trinajstić information content (AvgIpc) is 3.26. The lowest BCUT2D eigenvalue weighted by atomic mass is 9.99. The molecule has 2 heterocycles. The number of carboxylic acids is 1. The van der Waals surface area contributed by atoms with Crippen molar-refractivity contribution in [3.63, 3.8) is 0 Å². The first-order valence-electron chi connectivity index (χ1n) is 7.79. The normalized spacial score (nSPS) is 19.7. The number of thioether (sulfide) groups is 2. The fourth-order valence-corrected chi connectivity index (χ4v) is 4.55. The Bertz CT molecular complexity index is 742. The molecule has 0 aliphatic carbocycles. The molecule has 2 aromatic rings. The molecule has 132 valence electrons. The Morgan fingerprint density at radius 2 is 2.16 bits per heavy atom. The predicted molar refractivity (Wildman–Crippen MR) is 98.6 cm³/mol. The van der Waals surface area contributed by atoms with Gasteiger partial charge in [0.05, 0.1) is 11.4 Å². The van der Waals surface area contributed by atoms with E-state index in [1.54, 1.807) is 18.0 Å². The van der Waals surface area contributed by atoms with Gasteiger partial charge in [-0.3, -0.25) is 4.79 Å². The number of nitrogens with zero attached hydrogens (tertiary/aromatic N) is 1. The minimum absolute atomic E-state index is 0.188. The Hall–Kier alpha value is -1.93.